The largest absolute Gasteiger partial charge is 0.377 e. The van der Waals surface area contributed by atoms with Crippen LogP contribution < -0.4 is 5.32 Å². The van der Waals surface area contributed by atoms with E-state index < -0.39 is 0 Å². The number of methoxy groups -OCH3 is 1. The van der Waals surface area contributed by atoms with Crippen molar-refractivity contribution in [2.75, 3.05) is 26.8 Å². The maximum absolute atomic E-state index is 6.15. The Balaban J connectivity index is 2.25. The van der Waals surface area contributed by atoms with Crippen LogP contribution in [0, 0.1) is 6.92 Å². The van der Waals surface area contributed by atoms with Crippen molar-refractivity contribution in [3.8, 4) is 0 Å². The first-order valence-corrected chi connectivity index (χ1v) is 6.21. The molecule has 1 aromatic rings. The summed E-state index contributed by atoms with van der Waals surface area (Å²) in [6, 6.07) is 6.05. The fourth-order valence-corrected chi connectivity index (χ4v) is 2.21. The van der Waals surface area contributed by atoms with Gasteiger partial charge in [0.05, 0.1) is 12.7 Å². The van der Waals surface area contributed by atoms with Crippen molar-refractivity contribution < 1.29 is 9.47 Å². The lowest BCUT2D eigenvalue weighted by molar-refractivity contribution is -0.0408. The van der Waals surface area contributed by atoms with Gasteiger partial charge in [0.2, 0.25) is 0 Å². The Bertz CT molecular complexity index is 384. The molecule has 1 fully saturated rings. The van der Waals surface area contributed by atoms with E-state index in [9.17, 15) is 0 Å². The molecule has 1 N–H and O–H groups in total. The first-order valence-electron chi connectivity index (χ1n) is 5.83. The average Bonchev–Trinajstić information content (AvgIpc) is 2.57. The van der Waals surface area contributed by atoms with E-state index >= 15 is 0 Å². The summed E-state index contributed by atoms with van der Waals surface area (Å²) in [5.41, 5.74) is 2.16. The maximum atomic E-state index is 6.15. The van der Waals surface area contributed by atoms with E-state index in [2.05, 4.69) is 11.4 Å². The topological polar surface area (TPSA) is 30.5 Å². The normalized spacial score (nSPS) is 25.6. The van der Waals surface area contributed by atoms with Crippen molar-refractivity contribution in [2.45, 2.75) is 19.1 Å². The van der Waals surface area contributed by atoms with E-state index in [1.165, 1.54) is 0 Å². The molecule has 0 saturated carbocycles. The van der Waals surface area contributed by atoms with Crippen LogP contribution in [-0.4, -0.2) is 32.9 Å². The molecule has 1 aromatic carbocycles. The van der Waals surface area contributed by atoms with Crippen LogP contribution >= 0.6 is 11.6 Å². The molecule has 1 aliphatic heterocycles. The molecule has 2 atom stereocenters. The van der Waals surface area contributed by atoms with Crippen LogP contribution in [0.25, 0.3) is 0 Å². The molecule has 3 nitrogen and oxygen atoms in total. The van der Waals surface area contributed by atoms with E-state index in [4.69, 9.17) is 21.1 Å². The van der Waals surface area contributed by atoms with Crippen molar-refractivity contribution >= 4 is 11.6 Å². The Kier molecular flexibility index (Phi) is 4.40. The second-order valence-corrected chi connectivity index (χ2v) is 4.69. The van der Waals surface area contributed by atoms with Gasteiger partial charge in [-0.3, -0.25) is 0 Å². The third-order valence-electron chi connectivity index (χ3n) is 3.09. The molecule has 4 heteroatoms. The zero-order valence-corrected chi connectivity index (χ0v) is 11.0. The van der Waals surface area contributed by atoms with Gasteiger partial charge in [0.15, 0.2) is 0 Å². The van der Waals surface area contributed by atoms with Gasteiger partial charge in [-0.15, -0.1) is 0 Å². The Morgan fingerprint density at radius 3 is 3.00 bits per heavy atom. The maximum Gasteiger partial charge on any atom is 0.110 e. The summed E-state index contributed by atoms with van der Waals surface area (Å²) in [6.45, 7) is 4.34. The van der Waals surface area contributed by atoms with Gasteiger partial charge in [0.1, 0.15) is 6.10 Å². The van der Waals surface area contributed by atoms with Crippen molar-refractivity contribution in [3.63, 3.8) is 0 Å². The number of nitrogens with one attached hydrogen (secondary N) is 1. The smallest absolute Gasteiger partial charge is 0.110 e. The number of benzene rings is 1. The zero-order chi connectivity index (χ0) is 12.3. The van der Waals surface area contributed by atoms with Crippen LogP contribution in [0.3, 0.4) is 0 Å². The molecule has 0 amide bonds. The van der Waals surface area contributed by atoms with Crippen LogP contribution in [0.4, 0.5) is 0 Å². The highest BCUT2D eigenvalue weighted by molar-refractivity contribution is 6.31. The second-order valence-electron chi connectivity index (χ2n) is 4.28. The summed E-state index contributed by atoms with van der Waals surface area (Å²) in [6.07, 6.45) is -0.0237. The highest BCUT2D eigenvalue weighted by atomic mass is 35.5. The SMILES string of the molecule is COC1CNCCOC1c1ccc(C)c(Cl)c1. The first-order chi connectivity index (χ1) is 8.22. The minimum Gasteiger partial charge on any atom is -0.377 e. The minimum atomic E-state index is -0.0481. The number of hydrogen-bond acceptors (Lipinski definition) is 3. The number of halogens is 1. The van der Waals surface area contributed by atoms with Gasteiger partial charge in [-0.25, -0.2) is 0 Å². The van der Waals surface area contributed by atoms with Crippen molar-refractivity contribution in [1.82, 2.24) is 5.32 Å². The highest BCUT2D eigenvalue weighted by Crippen LogP contribution is 2.28. The molecule has 0 spiro atoms. The van der Waals surface area contributed by atoms with E-state index in [0.717, 1.165) is 29.2 Å². The third kappa shape index (κ3) is 2.99. The van der Waals surface area contributed by atoms with Crippen molar-refractivity contribution in [1.29, 1.82) is 0 Å². The Labute approximate surface area is 107 Å². The molecular weight excluding hydrogens is 238 g/mol. The molecule has 0 bridgehead atoms. The number of rotatable bonds is 2. The summed E-state index contributed by atoms with van der Waals surface area (Å²) in [5.74, 6) is 0. The summed E-state index contributed by atoms with van der Waals surface area (Å²) in [5, 5.41) is 4.07. The lowest BCUT2D eigenvalue weighted by Gasteiger charge is -2.24. The molecule has 1 saturated heterocycles. The monoisotopic (exact) mass is 255 g/mol. The van der Waals surface area contributed by atoms with Crippen LogP contribution in [0.1, 0.15) is 17.2 Å². The van der Waals surface area contributed by atoms with Crippen LogP contribution in [-0.2, 0) is 9.47 Å². The highest BCUT2D eigenvalue weighted by Gasteiger charge is 2.26. The van der Waals surface area contributed by atoms with E-state index in [-0.39, 0.29) is 12.2 Å². The molecule has 2 rings (SSSR count). The third-order valence-corrected chi connectivity index (χ3v) is 3.49. The van der Waals surface area contributed by atoms with E-state index in [1.54, 1.807) is 7.11 Å². The number of aryl methyl sites for hydroxylation is 1. The van der Waals surface area contributed by atoms with Gasteiger partial charge < -0.3 is 14.8 Å². The zero-order valence-electron chi connectivity index (χ0n) is 10.2. The standard InChI is InChI=1S/C13H18ClNO2/c1-9-3-4-10(7-11(9)14)13-12(16-2)8-15-5-6-17-13/h3-4,7,12-13,15H,5-6,8H2,1-2H3. The summed E-state index contributed by atoms with van der Waals surface area (Å²) >= 11 is 6.15. The van der Waals surface area contributed by atoms with Gasteiger partial charge in [-0.2, -0.15) is 0 Å². The second kappa shape index (κ2) is 5.83. The van der Waals surface area contributed by atoms with Crippen LogP contribution in [0.2, 0.25) is 5.02 Å². The molecule has 94 valence electrons. The minimum absolute atomic E-state index is 0.0243. The molecule has 1 aliphatic rings. The van der Waals surface area contributed by atoms with E-state index in [1.807, 2.05) is 19.1 Å². The molecule has 17 heavy (non-hydrogen) atoms. The Morgan fingerprint density at radius 1 is 1.47 bits per heavy atom. The average molecular weight is 256 g/mol. The fourth-order valence-electron chi connectivity index (χ4n) is 2.02. The van der Waals surface area contributed by atoms with Crippen LogP contribution in [0.15, 0.2) is 18.2 Å². The molecule has 2 unspecified atom stereocenters. The predicted molar refractivity (Wildman–Crippen MR) is 68.5 cm³/mol. The van der Waals surface area contributed by atoms with Gasteiger partial charge in [0, 0.05) is 25.2 Å². The lowest BCUT2D eigenvalue weighted by atomic mass is 10.0. The fraction of sp³-hybridized carbons (Fsp3) is 0.538. The van der Waals surface area contributed by atoms with Crippen molar-refractivity contribution in [2.24, 2.45) is 0 Å². The van der Waals surface area contributed by atoms with Crippen molar-refractivity contribution in [3.05, 3.63) is 34.3 Å². The van der Waals surface area contributed by atoms with Gasteiger partial charge in [0.25, 0.3) is 0 Å². The van der Waals surface area contributed by atoms with Gasteiger partial charge in [-0.1, -0.05) is 23.7 Å². The summed E-state index contributed by atoms with van der Waals surface area (Å²) in [4.78, 5) is 0. The molecule has 0 radical (unpaired) electrons. The number of hydrogen-bond donors (Lipinski definition) is 1. The van der Waals surface area contributed by atoms with E-state index in [0.29, 0.717) is 6.61 Å². The summed E-state index contributed by atoms with van der Waals surface area (Å²) in [7, 11) is 1.71. The molecule has 0 aliphatic carbocycles. The molecule has 0 aromatic heterocycles. The Morgan fingerprint density at radius 2 is 2.29 bits per heavy atom. The molecule has 1 heterocycles. The molecular formula is C13H18ClNO2. The van der Waals surface area contributed by atoms with Crippen LogP contribution in [0.5, 0.6) is 0 Å². The van der Waals surface area contributed by atoms with Gasteiger partial charge in [-0.05, 0) is 24.1 Å². The predicted octanol–water partition coefficient (Wildman–Crippen LogP) is 2.32. The number of ether oxygens (including phenoxy) is 2. The summed E-state index contributed by atoms with van der Waals surface area (Å²) < 4.78 is 11.3. The first kappa shape index (κ1) is 12.8. The quantitative estimate of drug-likeness (QED) is 0.880. The Hall–Kier alpha value is -0.610. The lowest BCUT2D eigenvalue weighted by Crippen LogP contribution is -2.30. The van der Waals surface area contributed by atoms with Gasteiger partial charge >= 0.3 is 0 Å².